The van der Waals surface area contributed by atoms with Crippen molar-refractivity contribution < 1.29 is 12.8 Å². The number of halogens is 1. The van der Waals surface area contributed by atoms with Crippen LogP contribution < -0.4 is 5.56 Å². The maximum Gasteiger partial charge on any atom is 0.250 e. The highest BCUT2D eigenvalue weighted by molar-refractivity contribution is 7.90. The van der Waals surface area contributed by atoms with Gasteiger partial charge >= 0.3 is 0 Å². The van der Waals surface area contributed by atoms with Gasteiger partial charge in [-0.1, -0.05) is 19.1 Å². The summed E-state index contributed by atoms with van der Waals surface area (Å²) in [6, 6.07) is 11.8. The van der Waals surface area contributed by atoms with E-state index in [1.54, 1.807) is 38.4 Å². The Labute approximate surface area is 198 Å². The van der Waals surface area contributed by atoms with Crippen LogP contribution in [0.2, 0.25) is 0 Å². The standard InChI is InChI=1S/C27H27FN2O3S/c1-4-34(32,33)15-17-5-9-21-24(11-17)25-14-30(3)26(31)13-22(25)16(2)29-27(21)20-10-8-19(28)12-23(20)18-6-7-18/h5,8-14,16,18H,4,6-7,15H2,1-3H3/t16-/m0/s1. The van der Waals surface area contributed by atoms with E-state index < -0.39 is 9.84 Å². The van der Waals surface area contributed by atoms with Gasteiger partial charge in [0.15, 0.2) is 9.84 Å². The molecule has 3 aromatic rings. The predicted octanol–water partition coefficient (Wildman–Crippen LogP) is 4.92. The molecule has 0 N–H and O–H groups in total. The van der Waals surface area contributed by atoms with Crippen molar-refractivity contribution in [2.75, 3.05) is 5.75 Å². The maximum absolute atomic E-state index is 14.2. The number of sulfone groups is 1. The van der Waals surface area contributed by atoms with Crippen molar-refractivity contribution in [3.63, 3.8) is 0 Å². The zero-order chi connectivity index (χ0) is 24.2. The van der Waals surface area contributed by atoms with Crippen molar-refractivity contribution >= 4 is 15.5 Å². The first-order valence-corrected chi connectivity index (χ1v) is 13.4. The first kappa shape index (κ1) is 22.7. The molecule has 0 saturated heterocycles. The van der Waals surface area contributed by atoms with Gasteiger partial charge in [-0.25, -0.2) is 12.8 Å². The van der Waals surface area contributed by atoms with Crippen LogP contribution in [0.1, 0.15) is 66.5 Å². The lowest BCUT2D eigenvalue weighted by Gasteiger charge is -2.16. The van der Waals surface area contributed by atoms with E-state index in [9.17, 15) is 17.6 Å². The molecule has 0 unspecified atom stereocenters. The third kappa shape index (κ3) is 4.13. The van der Waals surface area contributed by atoms with Crippen molar-refractivity contribution in [2.45, 2.75) is 44.4 Å². The van der Waals surface area contributed by atoms with E-state index in [0.717, 1.165) is 51.9 Å². The van der Waals surface area contributed by atoms with Crippen LogP contribution in [0, 0.1) is 5.82 Å². The van der Waals surface area contributed by atoms with Gasteiger partial charge in [0.2, 0.25) is 0 Å². The van der Waals surface area contributed by atoms with Crippen molar-refractivity contribution in [1.82, 2.24) is 4.57 Å². The van der Waals surface area contributed by atoms with E-state index >= 15 is 0 Å². The third-order valence-corrected chi connectivity index (χ3v) is 8.43. The molecular formula is C27H27FN2O3S. The minimum Gasteiger partial charge on any atom is -0.318 e. The van der Waals surface area contributed by atoms with E-state index in [1.165, 1.54) is 10.6 Å². The van der Waals surface area contributed by atoms with Gasteiger partial charge in [0.25, 0.3) is 5.56 Å². The van der Waals surface area contributed by atoms with Crippen LogP contribution in [0.4, 0.5) is 4.39 Å². The number of benzene rings is 2. The summed E-state index contributed by atoms with van der Waals surface area (Å²) in [7, 11) is -1.51. The van der Waals surface area contributed by atoms with Crippen molar-refractivity contribution in [3.05, 3.63) is 92.6 Å². The Bertz CT molecular complexity index is 1500. The predicted molar refractivity (Wildman–Crippen MR) is 133 cm³/mol. The maximum atomic E-state index is 14.2. The van der Waals surface area contributed by atoms with Crippen LogP contribution in [-0.2, 0) is 22.6 Å². The summed E-state index contributed by atoms with van der Waals surface area (Å²) in [6.07, 6.45) is 3.85. The number of nitrogens with zero attached hydrogens (tertiary/aromatic N) is 2. The molecule has 7 heteroatoms. The molecular weight excluding hydrogens is 451 g/mol. The van der Waals surface area contributed by atoms with Gasteiger partial charge in [0, 0.05) is 41.8 Å². The Balaban J connectivity index is 1.78. The van der Waals surface area contributed by atoms with Crippen molar-refractivity contribution in [2.24, 2.45) is 12.0 Å². The van der Waals surface area contributed by atoms with E-state index in [4.69, 9.17) is 4.99 Å². The van der Waals surface area contributed by atoms with Crippen molar-refractivity contribution in [3.8, 4) is 11.1 Å². The number of hydrogen-bond donors (Lipinski definition) is 0. The van der Waals surface area contributed by atoms with E-state index in [1.807, 2.05) is 25.1 Å². The fourth-order valence-corrected chi connectivity index (χ4v) is 5.60. The molecule has 1 fully saturated rings. The zero-order valence-corrected chi connectivity index (χ0v) is 20.3. The van der Waals surface area contributed by atoms with E-state index in [0.29, 0.717) is 11.5 Å². The van der Waals surface area contributed by atoms with Crippen molar-refractivity contribution in [1.29, 1.82) is 0 Å². The molecule has 5 rings (SSSR count). The quantitative estimate of drug-likeness (QED) is 0.523. The van der Waals surface area contributed by atoms with Gasteiger partial charge in [-0.3, -0.25) is 9.79 Å². The largest absolute Gasteiger partial charge is 0.318 e. The Hall–Kier alpha value is -3.06. The highest BCUT2D eigenvalue weighted by atomic mass is 32.2. The number of aromatic nitrogens is 1. The summed E-state index contributed by atoms with van der Waals surface area (Å²) < 4.78 is 40.4. The normalized spacial score (nSPS) is 17.5. The fourth-order valence-electron chi connectivity index (χ4n) is 4.71. The number of aliphatic imine (C=N–C) groups is 1. The summed E-state index contributed by atoms with van der Waals surface area (Å²) in [5.74, 6) is 0.0700. The molecule has 2 aromatic carbocycles. The lowest BCUT2D eigenvalue weighted by molar-refractivity contribution is 0.596. The first-order valence-electron chi connectivity index (χ1n) is 11.6. The summed E-state index contributed by atoms with van der Waals surface area (Å²) in [5, 5.41) is 0. The Kier molecular flexibility index (Phi) is 5.55. The van der Waals surface area contributed by atoms with Gasteiger partial charge in [0.1, 0.15) is 5.82 Å². The fraction of sp³-hybridized carbons (Fsp3) is 0.333. The van der Waals surface area contributed by atoms with Gasteiger partial charge < -0.3 is 4.57 Å². The average Bonchev–Trinajstić information content (AvgIpc) is 3.64. The number of rotatable bonds is 5. The molecule has 34 heavy (non-hydrogen) atoms. The van der Waals surface area contributed by atoms with Crippen LogP contribution in [-0.4, -0.2) is 24.4 Å². The molecule has 1 saturated carbocycles. The topological polar surface area (TPSA) is 68.5 Å². The summed E-state index contributed by atoms with van der Waals surface area (Å²) in [5.41, 5.74) is 6.51. The number of aryl methyl sites for hydroxylation is 1. The summed E-state index contributed by atoms with van der Waals surface area (Å²) in [6.45, 7) is 3.59. The smallest absolute Gasteiger partial charge is 0.250 e. The minimum absolute atomic E-state index is 0.0518. The number of hydrogen-bond acceptors (Lipinski definition) is 4. The molecule has 0 radical (unpaired) electrons. The molecule has 1 aliphatic heterocycles. The van der Waals surface area contributed by atoms with Gasteiger partial charge in [-0.15, -0.1) is 0 Å². The van der Waals surface area contributed by atoms with Gasteiger partial charge in [0.05, 0.1) is 17.5 Å². The lowest BCUT2D eigenvalue weighted by atomic mass is 9.89. The molecule has 2 heterocycles. The second kappa shape index (κ2) is 8.31. The number of pyridine rings is 1. The Morgan fingerprint density at radius 2 is 1.74 bits per heavy atom. The molecule has 176 valence electrons. The molecule has 0 bridgehead atoms. The molecule has 0 amide bonds. The van der Waals surface area contributed by atoms with Gasteiger partial charge in [-0.2, -0.15) is 0 Å². The molecule has 0 spiro atoms. The molecule has 5 nitrogen and oxygen atoms in total. The van der Waals surface area contributed by atoms with E-state index in [-0.39, 0.29) is 28.9 Å². The zero-order valence-electron chi connectivity index (χ0n) is 19.5. The van der Waals surface area contributed by atoms with Crippen LogP contribution in [0.25, 0.3) is 11.1 Å². The summed E-state index contributed by atoms with van der Waals surface area (Å²) in [4.78, 5) is 17.5. The monoisotopic (exact) mass is 478 g/mol. The van der Waals surface area contributed by atoms with E-state index in [2.05, 4.69) is 0 Å². The number of fused-ring (bicyclic) bond motifs is 3. The summed E-state index contributed by atoms with van der Waals surface area (Å²) >= 11 is 0. The molecule has 2 aliphatic rings. The second-order valence-corrected chi connectivity index (χ2v) is 11.7. The SMILES string of the molecule is CCS(=O)(=O)Cc1ccc2c(c1)-c1cn(C)c(=O)cc1[C@H](C)N=C2c1ccc(F)cc1C1CC1. The Morgan fingerprint density at radius 1 is 1.00 bits per heavy atom. The highest BCUT2D eigenvalue weighted by Crippen LogP contribution is 2.44. The highest BCUT2D eigenvalue weighted by Gasteiger charge is 2.31. The third-order valence-electron chi connectivity index (χ3n) is 6.77. The van der Waals surface area contributed by atoms with Crippen LogP contribution in [0.3, 0.4) is 0 Å². The Morgan fingerprint density at radius 3 is 2.44 bits per heavy atom. The minimum atomic E-state index is -3.22. The molecule has 1 atom stereocenters. The first-order chi connectivity index (χ1) is 16.2. The second-order valence-electron chi connectivity index (χ2n) is 9.31. The van der Waals surface area contributed by atoms with Crippen LogP contribution in [0.5, 0.6) is 0 Å². The molecule has 1 aliphatic carbocycles. The van der Waals surface area contributed by atoms with Crippen LogP contribution >= 0.6 is 0 Å². The van der Waals surface area contributed by atoms with Gasteiger partial charge in [-0.05, 0) is 72.2 Å². The van der Waals surface area contributed by atoms with Crippen LogP contribution in [0.15, 0.2) is 58.4 Å². The lowest BCUT2D eigenvalue weighted by Crippen LogP contribution is -2.17. The average molecular weight is 479 g/mol. The molecule has 1 aromatic heterocycles.